The molecule has 12 heavy (non-hydrogen) atoms. The van der Waals surface area contributed by atoms with Crippen LogP contribution in [0.3, 0.4) is 0 Å². The number of carbonyl (C=O) groups excluding carboxylic acids is 1. The van der Waals surface area contributed by atoms with Gasteiger partial charge in [-0.25, -0.2) is 4.79 Å². The molecule has 1 unspecified atom stereocenters. The summed E-state index contributed by atoms with van der Waals surface area (Å²) in [7, 11) is 0. The highest BCUT2D eigenvalue weighted by Crippen LogP contribution is 2.01. The van der Waals surface area contributed by atoms with Crippen LogP contribution in [-0.4, -0.2) is 30.3 Å². The van der Waals surface area contributed by atoms with Gasteiger partial charge in [-0.05, 0) is 32.7 Å². The number of esters is 1. The molecule has 1 atom stereocenters. The molecule has 0 aromatic heterocycles. The minimum Gasteiger partial charge on any atom is -0.464 e. The van der Waals surface area contributed by atoms with Crippen LogP contribution in [0.25, 0.3) is 0 Å². The van der Waals surface area contributed by atoms with Crippen LogP contribution in [0.15, 0.2) is 0 Å². The molecule has 0 saturated carbocycles. The molecule has 0 amide bonds. The first-order chi connectivity index (χ1) is 5.72. The highest BCUT2D eigenvalue weighted by atomic mass is 16.5. The molecule has 0 spiro atoms. The molecule has 72 valence electrons. The van der Waals surface area contributed by atoms with Crippen molar-refractivity contribution >= 4 is 5.97 Å². The SMILES string of the molecule is CCOC(=O)C(O)CCCCN. The summed E-state index contributed by atoms with van der Waals surface area (Å²) in [5, 5.41) is 9.16. The standard InChI is InChI=1S/C8H17NO3/c1-2-12-8(11)7(10)5-3-4-6-9/h7,10H,2-6,9H2,1H3. The summed E-state index contributed by atoms with van der Waals surface area (Å²) in [6, 6.07) is 0. The zero-order chi connectivity index (χ0) is 9.40. The molecule has 0 radical (unpaired) electrons. The van der Waals surface area contributed by atoms with Crippen LogP contribution in [0.4, 0.5) is 0 Å². The summed E-state index contributed by atoms with van der Waals surface area (Å²) in [6.45, 7) is 2.62. The quantitative estimate of drug-likeness (QED) is 0.441. The topological polar surface area (TPSA) is 72.5 Å². The second kappa shape index (κ2) is 7.06. The molecule has 0 heterocycles. The van der Waals surface area contributed by atoms with E-state index in [9.17, 15) is 4.79 Å². The van der Waals surface area contributed by atoms with Crippen molar-refractivity contribution in [1.29, 1.82) is 0 Å². The highest BCUT2D eigenvalue weighted by molar-refractivity contribution is 5.74. The zero-order valence-corrected chi connectivity index (χ0v) is 7.45. The van der Waals surface area contributed by atoms with Gasteiger partial charge in [0.2, 0.25) is 0 Å². The smallest absolute Gasteiger partial charge is 0.334 e. The fraction of sp³-hybridized carbons (Fsp3) is 0.875. The van der Waals surface area contributed by atoms with Gasteiger partial charge in [-0.2, -0.15) is 0 Å². The number of carbonyl (C=O) groups is 1. The Kier molecular flexibility index (Phi) is 6.70. The van der Waals surface area contributed by atoms with Gasteiger partial charge in [-0.1, -0.05) is 0 Å². The third-order valence-corrected chi connectivity index (χ3v) is 1.49. The molecule has 0 aliphatic rings. The molecule has 0 aliphatic heterocycles. The maximum Gasteiger partial charge on any atom is 0.334 e. The molecule has 0 rings (SSSR count). The van der Waals surface area contributed by atoms with E-state index in [-0.39, 0.29) is 0 Å². The summed E-state index contributed by atoms with van der Waals surface area (Å²) in [5.41, 5.74) is 5.25. The Morgan fingerprint density at radius 3 is 2.75 bits per heavy atom. The molecule has 0 aromatic rings. The van der Waals surface area contributed by atoms with Crippen LogP contribution in [0.5, 0.6) is 0 Å². The van der Waals surface area contributed by atoms with E-state index in [1.165, 1.54) is 0 Å². The Hall–Kier alpha value is -0.610. The second-order valence-electron chi connectivity index (χ2n) is 2.55. The first-order valence-corrected chi connectivity index (χ1v) is 4.27. The molecular weight excluding hydrogens is 158 g/mol. The number of aliphatic hydroxyl groups excluding tert-OH is 1. The molecule has 4 nitrogen and oxygen atoms in total. The molecule has 3 N–H and O–H groups in total. The lowest BCUT2D eigenvalue weighted by atomic mass is 10.1. The first-order valence-electron chi connectivity index (χ1n) is 4.27. The molecule has 0 fully saturated rings. The van der Waals surface area contributed by atoms with E-state index in [1.54, 1.807) is 6.92 Å². The Labute approximate surface area is 72.7 Å². The van der Waals surface area contributed by atoms with Crippen molar-refractivity contribution in [2.24, 2.45) is 5.73 Å². The van der Waals surface area contributed by atoms with Crippen molar-refractivity contribution in [2.75, 3.05) is 13.2 Å². The van der Waals surface area contributed by atoms with Gasteiger partial charge in [0.15, 0.2) is 6.10 Å². The number of unbranched alkanes of at least 4 members (excludes halogenated alkanes) is 1. The van der Waals surface area contributed by atoms with Crippen molar-refractivity contribution in [3.05, 3.63) is 0 Å². The van der Waals surface area contributed by atoms with Crippen molar-refractivity contribution < 1.29 is 14.6 Å². The van der Waals surface area contributed by atoms with Crippen LogP contribution >= 0.6 is 0 Å². The van der Waals surface area contributed by atoms with Crippen molar-refractivity contribution in [2.45, 2.75) is 32.3 Å². The van der Waals surface area contributed by atoms with Gasteiger partial charge in [-0.3, -0.25) is 0 Å². The summed E-state index contributed by atoms with van der Waals surface area (Å²) in [6.07, 6.45) is 1.06. The predicted octanol–water partition coefficient (Wildman–Crippen LogP) is 0.0394. The van der Waals surface area contributed by atoms with E-state index in [0.29, 0.717) is 19.6 Å². The van der Waals surface area contributed by atoms with Gasteiger partial charge in [0, 0.05) is 0 Å². The zero-order valence-electron chi connectivity index (χ0n) is 7.45. The minimum atomic E-state index is -0.975. The van der Waals surface area contributed by atoms with E-state index < -0.39 is 12.1 Å². The van der Waals surface area contributed by atoms with Crippen molar-refractivity contribution in [1.82, 2.24) is 0 Å². The average molecular weight is 175 g/mol. The second-order valence-corrected chi connectivity index (χ2v) is 2.55. The number of ether oxygens (including phenoxy) is 1. The molecule has 0 aliphatic carbocycles. The normalized spacial score (nSPS) is 12.6. The summed E-state index contributed by atoms with van der Waals surface area (Å²) >= 11 is 0. The van der Waals surface area contributed by atoms with Crippen LogP contribution < -0.4 is 5.73 Å². The third-order valence-electron chi connectivity index (χ3n) is 1.49. The van der Waals surface area contributed by atoms with Crippen LogP contribution in [-0.2, 0) is 9.53 Å². The number of aliphatic hydroxyl groups is 1. The van der Waals surface area contributed by atoms with E-state index in [1.807, 2.05) is 0 Å². The molecule has 4 heteroatoms. The van der Waals surface area contributed by atoms with Gasteiger partial charge in [-0.15, -0.1) is 0 Å². The highest BCUT2D eigenvalue weighted by Gasteiger charge is 2.14. The summed E-state index contributed by atoms with van der Waals surface area (Å²) < 4.78 is 4.61. The van der Waals surface area contributed by atoms with Crippen molar-refractivity contribution in [3.8, 4) is 0 Å². The van der Waals surface area contributed by atoms with E-state index in [4.69, 9.17) is 10.8 Å². The van der Waals surface area contributed by atoms with E-state index in [2.05, 4.69) is 4.74 Å². The molecule has 0 saturated heterocycles. The Bertz CT molecular complexity index is 127. The lowest BCUT2D eigenvalue weighted by molar-refractivity contribution is -0.153. The number of rotatable bonds is 6. The lowest BCUT2D eigenvalue weighted by Crippen LogP contribution is -2.23. The maximum absolute atomic E-state index is 10.8. The Morgan fingerprint density at radius 1 is 1.58 bits per heavy atom. The van der Waals surface area contributed by atoms with E-state index in [0.717, 1.165) is 12.8 Å². The van der Waals surface area contributed by atoms with Gasteiger partial charge in [0.25, 0.3) is 0 Å². The maximum atomic E-state index is 10.8. The minimum absolute atomic E-state index is 0.312. The predicted molar refractivity (Wildman–Crippen MR) is 45.5 cm³/mol. The molecular formula is C8H17NO3. The number of nitrogens with two attached hydrogens (primary N) is 1. The lowest BCUT2D eigenvalue weighted by Gasteiger charge is -2.08. The molecule has 0 aromatic carbocycles. The fourth-order valence-electron chi connectivity index (χ4n) is 0.838. The third kappa shape index (κ3) is 5.09. The largest absolute Gasteiger partial charge is 0.464 e. The first kappa shape index (κ1) is 11.4. The van der Waals surface area contributed by atoms with Crippen LogP contribution in [0.2, 0.25) is 0 Å². The summed E-state index contributed by atoms with van der Waals surface area (Å²) in [4.78, 5) is 10.8. The number of hydrogen-bond acceptors (Lipinski definition) is 4. The van der Waals surface area contributed by atoms with Gasteiger partial charge in [0.05, 0.1) is 6.61 Å². The monoisotopic (exact) mass is 175 g/mol. The fourth-order valence-corrected chi connectivity index (χ4v) is 0.838. The van der Waals surface area contributed by atoms with Crippen LogP contribution in [0, 0.1) is 0 Å². The Balaban J connectivity index is 3.42. The van der Waals surface area contributed by atoms with Crippen molar-refractivity contribution in [3.63, 3.8) is 0 Å². The number of hydrogen-bond donors (Lipinski definition) is 2. The van der Waals surface area contributed by atoms with Gasteiger partial charge >= 0.3 is 5.97 Å². The molecule has 0 bridgehead atoms. The summed E-state index contributed by atoms with van der Waals surface area (Å²) in [5.74, 6) is -0.533. The van der Waals surface area contributed by atoms with Crippen LogP contribution in [0.1, 0.15) is 26.2 Å². The van der Waals surface area contributed by atoms with Gasteiger partial charge < -0.3 is 15.6 Å². The average Bonchev–Trinajstić information content (AvgIpc) is 2.05. The van der Waals surface area contributed by atoms with Gasteiger partial charge in [0.1, 0.15) is 0 Å². The Morgan fingerprint density at radius 2 is 2.25 bits per heavy atom. The van der Waals surface area contributed by atoms with E-state index >= 15 is 0 Å².